The van der Waals surface area contributed by atoms with Crippen molar-refractivity contribution in [3.8, 4) is 0 Å². The molecule has 1 aromatic carbocycles. The van der Waals surface area contributed by atoms with E-state index in [0.29, 0.717) is 25.1 Å². The van der Waals surface area contributed by atoms with Crippen LogP contribution in [0.5, 0.6) is 0 Å². The molecule has 0 heterocycles. The van der Waals surface area contributed by atoms with Gasteiger partial charge < -0.3 is 21.5 Å². The predicted molar refractivity (Wildman–Crippen MR) is 67.0 cm³/mol. The highest BCUT2D eigenvalue weighted by Gasteiger charge is 2.21. The van der Waals surface area contributed by atoms with Gasteiger partial charge in [0, 0.05) is 6.54 Å². The zero-order chi connectivity index (χ0) is 13.4. The van der Waals surface area contributed by atoms with Gasteiger partial charge in [0.1, 0.15) is 0 Å². The molecule has 0 aromatic heterocycles. The summed E-state index contributed by atoms with van der Waals surface area (Å²) in [5.41, 5.74) is 5.82. The molecule has 0 saturated heterocycles. The summed E-state index contributed by atoms with van der Waals surface area (Å²) in [5.74, 6) is -1.10. The smallest absolute Gasteiger partial charge is 0.330 e. The number of nitrogens with one attached hydrogen (secondary N) is 2. The van der Waals surface area contributed by atoms with Crippen LogP contribution in [0.1, 0.15) is 18.0 Å². The second-order valence-corrected chi connectivity index (χ2v) is 3.72. The summed E-state index contributed by atoms with van der Waals surface area (Å²) in [6.07, 6.45) is 0.649. The molecule has 1 aromatic rings. The molecule has 0 bridgehead atoms. The number of urea groups is 1. The van der Waals surface area contributed by atoms with E-state index in [4.69, 9.17) is 10.8 Å². The first-order chi connectivity index (χ1) is 8.65. The van der Waals surface area contributed by atoms with E-state index < -0.39 is 18.0 Å². The summed E-state index contributed by atoms with van der Waals surface area (Å²) in [6, 6.07) is 6.96. The monoisotopic (exact) mass is 251 g/mol. The number of amides is 2. The molecule has 2 amide bonds. The van der Waals surface area contributed by atoms with Gasteiger partial charge in [0.25, 0.3) is 0 Å². The normalized spacial score (nSPS) is 11.6. The van der Waals surface area contributed by atoms with Crippen molar-refractivity contribution in [2.45, 2.75) is 12.5 Å². The van der Waals surface area contributed by atoms with Gasteiger partial charge in [-0.1, -0.05) is 30.3 Å². The lowest BCUT2D eigenvalue weighted by Gasteiger charge is -2.15. The summed E-state index contributed by atoms with van der Waals surface area (Å²) in [5, 5.41) is 14.0. The number of benzene rings is 1. The average molecular weight is 251 g/mol. The van der Waals surface area contributed by atoms with E-state index in [0.717, 1.165) is 0 Å². The van der Waals surface area contributed by atoms with Gasteiger partial charge in [0.2, 0.25) is 0 Å². The van der Waals surface area contributed by atoms with E-state index in [9.17, 15) is 9.59 Å². The van der Waals surface area contributed by atoms with Crippen molar-refractivity contribution in [2.24, 2.45) is 5.73 Å². The van der Waals surface area contributed by atoms with Crippen LogP contribution in [-0.4, -0.2) is 30.2 Å². The van der Waals surface area contributed by atoms with Gasteiger partial charge in [0.15, 0.2) is 6.04 Å². The van der Waals surface area contributed by atoms with Crippen LogP contribution >= 0.6 is 0 Å². The molecule has 0 spiro atoms. The summed E-state index contributed by atoms with van der Waals surface area (Å²) < 4.78 is 0. The SMILES string of the molecule is NCCCNC(=O)NC(C(=O)O)c1ccccc1. The van der Waals surface area contributed by atoms with E-state index in [2.05, 4.69) is 10.6 Å². The summed E-state index contributed by atoms with van der Waals surface area (Å²) in [6.45, 7) is 0.894. The summed E-state index contributed by atoms with van der Waals surface area (Å²) in [7, 11) is 0. The minimum absolute atomic E-state index is 0.420. The molecule has 0 aliphatic rings. The number of carboxylic acid groups (broad SMARTS) is 1. The van der Waals surface area contributed by atoms with Crippen LogP contribution in [0, 0.1) is 0 Å². The third-order valence-electron chi connectivity index (χ3n) is 2.32. The molecule has 6 nitrogen and oxygen atoms in total. The van der Waals surface area contributed by atoms with Crippen LogP contribution in [0.25, 0.3) is 0 Å². The first-order valence-electron chi connectivity index (χ1n) is 5.67. The lowest BCUT2D eigenvalue weighted by atomic mass is 10.1. The number of rotatable bonds is 6. The minimum Gasteiger partial charge on any atom is -0.479 e. The van der Waals surface area contributed by atoms with Crippen molar-refractivity contribution in [1.82, 2.24) is 10.6 Å². The molecule has 5 N–H and O–H groups in total. The first-order valence-corrected chi connectivity index (χ1v) is 5.67. The maximum absolute atomic E-state index is 11.5. The van der Waals surface area contributed by atoms with Crippen LogP contribution in [0.3, 0.4) is 0 Å². The van der Waals surface area contributed by atoms with E-state index in [1.165, 1.54) is 0 Å². The molecular weight excluding hydrogens is 234 g/mol. The number of carbonyl (C=O) groups is 2. The fourth-order valence-corrected chi connectivity index (χ4v) is 1.42. The Morgan fingerprint density at radius 1 is 1.28 bits per heavy atom. The number of aliphatic carboxylic acids is 1. The standard InChI is InChI=1S/C12H17N3O3/c13-7-4-8-14-12(18)15-10(11(16)17)9-5-2-1-3-6-9/h1-3,5-6,10H,4,7-8,13H2,(H,16,17)(H2,14,15,18). The molecule has 0 fully saturated rings. The minimum atomic E-state index is -1.10. The molecule has 18 heavy (non-hydrogen) atoms. The maximum atomic E-state index is 11.5. The zero-order valence-corrected chi connectivity index (χ0v) is 9.93. The molecule has 1 rings (SSSR count). The fraction of sp³-hybridized carbons (Fsp3) is 0.333. The highest BCUT2D eigenvalue weighted by Crippen LogP contribution is 2.12. The second kappa shape index (κ2) is 7.29. The Kier molecular flexibility index (Phi) is 5.66. The van der Waals surface area contributed by atoms with Crippen molar-refractivity contribution in [3.05, 3.63) is 35.9 Å². The van der Waals surface area contributed by atoms with Gasteiger partial charge in [-0.05, 0) is 18.5 Å². The molecular formula is C12H17N3O3. The van der Waals surface area contributed by atoms with E-state index >= 15 is 0 Å². The van der Waals surface area contributed by atoms with Crippen molar-refractivity contribution >= 4 is 12.0 Å². The zero-order valence-electron chi connectivity index (χ0n) is 9.93. The molecule has 0 saturated carbocycles. The third-order valence-corrected chi connectivity index (χ3v) is 2.32. The Bertz CT molecular complexity index is 395. The number of hydrogen-bond donors (Lipinski definition) is 4. The van der Waals surface area contributed by atoms with E-state index in [1.54, 1.807) is 30.3 Å². The van der Waals surface area contributed by atoms with Gasteiger partial charge in [0.05, 0.1) is 0 Å². The van der Waals surface area contributed by atoms with Crippen molar-refractivity contribution in [1.29, 1.82) is 0 Å². The Balaban J connectivity index is 2.59. The lowest BCUT2D eigenvalue weighted by molar-refractivity contribution is -0.139. The highest BCUT2D eigenvalue weighted by molar-refractivity contribution is 5.83. The molecule has 6 heteroatoms. The van der Waals surface area contributed by atoms with Crippen LogP contribution in [0.4, 0.5) is 4.79 Å². The third kappa shape index (κ3) is 4.42. The number of hydrogen-bond acceptors (Lipinski definition) is 3. The molecule has 98 valence electrons. The van der Waals surface area contributed by atoms with E-state index in [1.807, 2.05) is 0 Å². The van der Waals surface area contributed by atoms with Crippen LogP contribution in [0.2, 0.25) is 0 Å². The topological polar surface area (TPSA) is 104 Å². The fourth-order valence-electron chi connectivity index (χ4n) is 1.42. The Hall–Kier alpha value is -2.08. The molecule has 0 aliphatic carbocycles. The molecule has 0 aliphatic heterocycles. The van der Waals surface area contributed by atoms with Gasteiger partial charge in [-0.3, -0.25) is 0 Å². The molecule has 0 radical (unpaired) electrons. The summed E-state index contributed by atoms with van der Waals surface area (Å²) >= 11 is 0. The predicted octanol–water partition coefficient (Wildman–Crippen LogP) is 0.460. The molecule has 1 unspecified atom stereocenters. The van der Waals surface area contributed by atoms with Crippen molar-refractivity contribution in [2.75, 3.05) is 13.1 Å². The van der Waals surface area contributed by atoms with Crippen LogP contribution < -0.4 is 16.4 Å². The summed E-state index contributed by atoms with van der Waals surface area (Å²) in [4.78, 5) is 22.6. The van der Waals surface area contributed by atoms with Crippen molar-refractivity contribution in [3.63, 3.8) is 0 Å². The number of carbonyl (C=O) groups excluding carboxylic acids is 1. The van der Waals surface area contributed by atoms with Gasteiger partial charge in [-0.25, -0.2) is 9.59 Å². The van der Waals surface area contributed by atoms with Crippen molar-refractivity contribution < 1.29 is 14.7 Å². The second-order valence-electron chi connectivity index (χ2n) is 3.72. The van der Waals surface area contributed by atoms with Gasteiger partial charge in [-0.2, -0.15) is 0 Å². The molecule has 1 atom stereocenters. The maximum Gasteiger partial charge on any atom is 0.330 e. The van der Waals surface area contributed by atoms with Crippen LogP contribution in [0.15, 0.2) is 30.3 Å². The van der Waals surface area contributed by atoms with Gasteiger partial charge in [-0.15, -0.1) is 0 Å². The highest BCUT2D eigenvalue weighted by atomic mass is 16.4. The lowest BCUT2D eigenvalue weighted by Crippen LogP contribution is -2.41. The quantitative estimate of drug-likeness (QED) is 0.551. The number of nitrogens with two attached hydrogens (primary N) is 1. The van der Waals surface area contributed by atoms with E-state index in [-0.39, 0.29) is 0 Å². The average Bonchev–Trinajstić information content (AvgIpc) is 2.37. The Labute approximate surface area is 105 Å². The largest absolute Gasteiger partial charge is 0.479 e. The number of carboxylic acids is 1. The Morgan fingerprint density at radius 3 is 2.50 bits per heavy atom. The Morgan fingerprint density at radius 2 is 1.94 bits per heavy atom. The van der Waals surface area contributed by atoms with Crippen LogP contribution in [-0.2, 0) is 4.79 Å². The van der Waals surface area contributed by atoms with Gasteiger partial charge >= 0.3 is 12.0 Å². The first kappa shape index (κ1) is 14.0.